The standard InChI is InChI=1S/C22H30N4O4/c1-13-20(14(2)30-26-13)22(28)25-18-10-17(7-8-19(18)29-3)21(27)24-12-16-6-4-5-15(9-16)11-23/h7-8,10,15-16H,4-6,9,11-12,23H2,1-3H3,(H,24,27)(H,25,28). The van der Waals surface area contributed by atoms with E-state index in [9.17, 15) is 9.59 Å². The van der Waals surface area contributed by atoms with Crippen molar-refractivity contribution >= 4 is 17.5 Å². The van der Waals surface area contributed by atoms with Gasteiger partial charge in [0, 0.05) is 12.1 Å². The van der Waals surface area contributed by atoms with E-state index in [1.54, 1.807) is 32.0 Å². The zero-order chi connectivity index (χ0) is 21.7. The molecule has 8 heteroatoms. The molecule has 0 aliphatic heterocycles. The summed E-state index contributed by atoms with van der Waals surface area (Å²) in [7, 11) is 1.51. The number of carbonyl (C=O) groups excluding carboxylic acids is 2. The Bertz CT molecular complexity index is 889. The first kappa shape index (κ1) is 21.8. The minimum absolute atomic E-state index is 0.180. The monoisotopic (exact) mass is 414 g/mol. The van der Waals surface area contributed by atoms with E-state index in [4.69, 9.17) is 15.0 Å². The van der Waals surface area contributed by atoms with Gasteiger partial charge in [-0.25, -0.2) is 0 Å². The molecule has 2 amide bonds. The minimum atomic E-state index is -0.364. The number of methoxy groups -OCH3 is 1. The van der Waals surface area contributed by atoms with E-state index in [1.165, 1.54) is 13.5 Å². The topological polar surface area (TPSA) is 119 Å². The molecule has 1 saturated carbocycles. The third kappa shape index (κ3) is 4.99. The quantitative estimate of drug-likeness (QED) is 0.641. The van der Waals surface area contributed by atoms with Gasteiger partial charge in [0.25, 0.3) is 11.8 Å². The maximum absolute atomic E-state index is 12.7. The molecule has 0 radical (unpaired) electrons. The van der Waals surface area contributed by atoms with Crippen molar-refractivity contribution in [2.75, 3.05) is 25.5 Å². The maximum atomic E-state index is 12.7. The van der Waals surface area contributed by atoms with Crippen LogP contribution in [0.5, 0.6) is 5.75 Å². The van der Waals surface area contributed by atoms with Gasteiger partial charge in [0.2, 0.25) is 0 Å². The van der Waals surface area contributed by atoms with Crippen molar-refractivity contribution < 1.29 is 18.8 Å². The molecular formula is C22H30N4O4. The number of nitrogens with one attached hydrogen (secondary N) is 2. The molecule has 4 N–H and O–H groups in total. The highest BCUT2D eigenvalue weighted by molar-refractivity contribution is 6.07. The fourth-order valence-corrected chi connectivity index (χ4v) is 4.08. The smallest absolute Gasteiger partial charge is 0.261 e. The fourth-order valence-electron chi connectivity index (χ4n) is 4.08. The summed E-state index contributed by atoms with van der Waals surface area (Å²) in [6.07, 6.45) is 4.49. The average Bonchev–Trinajstić information content (AvgIpc) is 3.10. The van der Waals surface area contributed by atoms with E-state index < -0.39 is 0 Å². The Labute approximate surface area is 176 Å². The number of ether oxygens (including phenoxy) is 1. The Morgan fingerprint density at radius 1 is 1.23 bits per heavy atom. The highest BCUT2D eigenvalue weighted by atomic mass is 16.5. The van der Waals surface area contributed by atoms with Crippen molar-refractivity contribution in [3.8, 4) is 5.75 Å². The molecule has 0 saturated heterocycles. The van der Waals surface area contributed by atoms with E-state index in [1.807, 2.05) is 0 Å². The summed E-state index contributed by atoms with van der Waals surface area (Å²) >= 11 is 0. The molecule has 2 unspecified atom stereocenters. The molecule has 1 aromatic carbocycles. The van der Waals surface area contributed by atoms with Crippen LogP contribution in [0, 0.1) is 25.7 Å². The summed E-state index contributed by atoms with van der Waals surface area (Å²) in [5.41, 5.74) is 7.55. The van der Waals surface area contributed by atoms with Crippen LogP contribution in [0.4, 0.5) is 5.69 Å². The molecule has 1 aliphatic rings. The molecule has 1 fully saturated rings. The number of nitrogens with zero attached hydrogens (tertiary/aromatic N) is 1. The predicted molar refractivity (Wildman–Crippen MR) is 114 cm³/mol. The first-order valence-corrected chi connectivity index (χ1v) is 10.3. The summed E-state index contributed by atoms with van der Waals surface area (Å²) in [5, 5.41) is 9.63. The Hall–Kier alpha value is -2.87. The van der Waals surface area contributed by atoms with Crippen LogP contribution in [0.2, 0.25) is 0 Å². The van der Waals surface area contributed by atoms with Gasteiger partial charge in [0.15, 0.2) is 0 Å². The first-order chi connectivity index (χ1) is 14.4. The summed E-state index contributed by atoms with van der Waals surface area (Å²) in [6, 6.07) is 4.97. The molecule has 2 aromatic rings. The number of amides is 2. The summed E-state index contributed by atoms with van der Waals surface area (Å²) < 4.78 is 10.4. The Balaban J connectivity index is 1.69. The highest BCUT2D eigenvalue weighted by Gasteiger charge is 2.22. The van der Waals surface area contributed by atoms with Crippen molar-refractivity contribution in [1.82, 2.24) is 10.5 Å². The van der Waals surface area contributed by atoms with Crippen LogP contribution in [0.1, 0.15) is 57.9 Å². The molecular weight excluding hydrogens is 384 g/mol. The van der Waals surface area contributed by atoms with Crippen molar-refractivity contribution in [1.29, 1.82) is 0 Å². The van der Waals surface area contributed by atoms with Crippen molar-refractivity contribution in [2.24, 2.45) is 17.6 Å². The van der Waals surface area contributed by atoms with Gasteiger partial charge >= 0.3 is 0 Å². The number of rotatable bonds is 7. The third-order valence-electron chi connectivity index (χ3n) is 5.75. The molecule has 30 heavy (non-hydrogen) atoms. The zero-order valence-electron chi connectivity index (χ0n) is 17.8. The van der Waals surface area contributed by atoms with Gasteiger partial charge in [-0.3, -0.25) is 9.59 Å². The molecule has 2 atom stereocenters. The lowest BCUT2D eigenvalue weighted by Gasteiger charge is -2.28. The predicted octanol–water partition coefficient (Wildman–Crippen LogP) is 3.05. The number of nitrogens with two attached hydrogens (primary N) is 1. The maximum Gasteiger partial charge on any atom is 0.261 e. The summed E-state index contributed by atoms with van der Waals surface area (Å²) in [6.45, 7) is 4.71. The van der Waals surface area contributed by atoms with Gasteiger partial charge < -0.3 is 25.6 Å². The Kier molecular flexibility index (Phi) is 7.10. The SMILES string of the molecule is COc1ccc(C(=O)NCC2CCCC(CN)C2)cc1NC(=O)c1c(C)noc1C. The number of aromatic nitrogens is 1. The van der Waals surface area contributed by atoms with Crippen LogP contribution in [0.15, 0.2) is 22.7 Å². The lowest BCUT2D eigenvalue weighted by atomic mass is 9.81. The Morgan fingerprint density at radius 3 is 2.67 bits per heavy atom. The average molecular weight is 415 g/mol. The second-order valence-corrected chi connectivity index (χ2v) is 7.91. The molecule has 1 aromatic heterocycles. The number of aryl methyl sites for hydroxylation is 2. The summed E-state index contributed by atoms with van der Waals surface area (Å²) in [5.74, 6) is 1.35. The molecule has 162 valence electrons. The van der Waals surface area contributed by atoms with E-state index in [2.05, 4.69) is 15.8 Å². The molecule has 3 rings (SSSR count). The largest absolute Gasteiger partial charge is 0.495 e. The van der Waals surface area contributed by atoms with E-state index >= 15 is 0 Å². The molecule has 0 spiro atoms. The normalized spacial score (nSPS) is 18.7. The first-order valence-electron chi connectivity index (χ1n) is 10.3. The number of carbonyl (C=O) groups is 2. The number of benzene rings is 1. The van der Waals surface area contributed by atoms with Crippen LogP contribution < -0.4 is 21.1 Å². The van der Waals surface area contributed by atoms with Crippen molar-refractivity contribution in [3.63, 3.8) is 0 Å². The van der Waals surface area contributed by atoms with Gasteiger partial charge in [0.05, 0.1) is 18.5 Å². The van der Waals surface area contributed by atoms with Crippen molar-refractivity contribution in [2.45, 2.75) is 39.5 Å². The van der Waals surface area contributed by atoms with Crippen LogP contribution in [0.25, 0.3) is 0 Å². The van der Waals surface area contributed by atoms with E-state index in [0.29, 0.717) is 58.9 Å². The van der Waals surface area contributed by atoms with Gasteiger partial charge in [-0.1, -0.05) is 11.6 Å². The number of hydrogen-bond acceptors (Lipinski definition) is 6. The fraction of sp³-hybridized carbons (Fsp3) is 0.500. The molecule has 8 nitrogen and oxygen atoms in total. The van der Waals surface area contributed by atoms with Crippen LogP contribution in [-0.4, -0.2) is 37.2 Å². The highest BCUT2D eigenvalue weighted by Crippen LogP contribution is 2.29. The van der Waals surface area contributed by atoms with E-state index in [-0.39, 0.29) is 11.8 Å². The number of anilines is 1. The van der Waals surface area contributed by atoms with Gasteiger partial charge in [-0.15, -0.1) is 0 Å². The van der Waals surface area contributed by atoms with Gasteiger partial charge in [-0.05, 0) is 69.7 Å². The molecule has 1 aliphatic carbocycles. The second kappa shape index (κ2) is 9.75. The molecule has 0 bridgehead atoms. The van der Waals surface area contributed by atoms with Crippen LogP contribution in [0.3, 0.4) is 0 Å². The second-order valence-electron chi connectivity index (χ2n) is 7.91. The van der Waals surface area contributed by atoms with E-state index in [0.717, 1.165) is 19.3 Å². The lowest BCUT2D eigenvalue weighted by Crippen LogP contribution is -2.33. The zero-order valence-corrected chi connectivity index (χ0v) is 17.8. The minimum Gasteiger partial charge on any atom is -0.495 e. The van der Waals surface area contributed by atoms with Crippen LogP contribution >= 0.6 is 0 Å². The summed E-state index contributed by atoms with van der Waals surface area (Å²) in [4.78, 5) is 25.4. The van der Waals surface area contributed by atoms with Crippen LogP contribution in [-0.2, 0) is 0 Å². The van der Waals surface area contributed by atoms with Gasteiger partial charge in [-0.2, -0.15) is 0 Å². The third-order valence-corrected chi connectivity index (χ3v) is 5.75. The molecule has 1 heterocycles. The van der Waals surface area contributed by atoms with Crippen molar-refractivity contribution in [3.05, 3.63) is 40.8 Å². The van der Waals surface area contributed by atoms with Gasteiger partial charge in [0.1, 0.15) is 17.1 Å². The lowest BCUT2D eigenvalue weighted by molar-refractivity contribution is 0.0939. The Morgan fingerprint density at radius 2 is 2.00 bits per heavy atom. The number of hydrogen-bond donors (Lipinski definition) is 3.